The molecule has 0 saturated carbocycles. The first-order valence-electron chi connectivity index (χ1n) is 7.93. The topological polar surface area (TPSA) is 66.8 Å². The number of carbonyl (C=O) groups excluding carboxylic acids is 1. The van der Waals surface area contributed by atoms with Crippen molar-refractivity contribution in [2.45, 2.75) is 38.1 Å². The van der Waals surface area contributed by atoms with Crippen molar-refractivity contribution in [3.05, 3.63) is 70.8 Å². The van der Waals surface area contributed by atoms with Crippen molar-refractivity contribution in [2.75, 3.05) is 7.11 Å². The third kappa shape index (κ3) is 3.56. The van der Waals surface area contributed by atoms with Gasteiger partial charge in [-0.2, -0.15) is 0 Å². The van der Waals surface area contributed by atoms with Crippen LogP contribution in [0.25, 0.3) is 0 Å². The normalized spacial score (nSPS) is 16.2. The van der Waals surface area contributed by atoms with Crippen molar-refractivity contribution < 1.29 is 19.7 Å². The zero-order valence-electron chi connectivity index (χ0n) is 14.3. The van der Waals surface area contributed by atoms with Crippen molar-refractivity contribution in [3.63, 3.8) is 0 Å². The quantitative estimate of drug-likeness (QED) is 0.767. The molecular formula is C20H24O4. The van der Waals surface area contributed by atoms with Gasteiger partial charge in [0.05, 0.1) is 0 Å². The van der Waals surface area contributed by atoms with E-state index in [2.05, 4.69) is 0 Å². The van der Waals surface area contributed by atoms with Gasteiger partial charge in [0.25, 0.3) is 0 Å². The smallest absolute Gasteiger partial charge is 0.128 e. The molecule has 3 atom stereocenters. The second-order valence-electron chi connectivity index (χ2n) is 6.13. The Morgan fingerprint density at radius 1 is 1.00 bits per heavy atom. The van der Waals surface area contributed by atoms with Gasteiger partial charge in [-0.3, -0.25) is 0 Å². The Hall–Kier alpha value is -2.01. The van der Waals surface area contributed by atoms with E-state index in [1.54, 1.807) is 12.1 Å². The van der Waals surface area contributed by atoms with Gasteiger partial charge in [0.15, 0.2) is 0 Å². The first-order valence-corrected chi connectivity index (χ1v) is 7.93. The molecule has 24 heavy (non-hydrogen) atoms. The molecule has 0 spiro atoms. The molecule has 128 valence electrons. The second-order valence-corrected chi connectivity index (χ2v) is 6.13. The van der Waals surface area contributed by atoms with Gasteiger partial charge in [-0.25, -0.2) is 0 Å². The van der Waals surface area contributed by atoms with Crippen molar-refractivity contribution in [1.29, 1.82) is 0 Å². The van der Waals surface area contributed by atoms with Gasteiger partial charge in [0.2, 0.25) is 0 Å². The van der Waals surface area contributed by atoms with Crippen molar-refractivity contribution in [1.82, 2.24) is 0 Å². The number of aliphatic hydroxyl groups excluding tert-OH is 2. The van der Waals surface area contributed by atoms with Crippen LogP contribution in [0.1, 0.15) is 34.8 Å². The van der Waals surface area contributed by atoms with E-state index in [0.717, 1.165) is 11.1 Å². The predicted molar refractivity (Wildman–Crippen MR) is 92.7 cm³/mol. The lowest BCUT2D eigenvalue weighted by Gasteiger charge is -2.38. The van der Waals surface area contributed by atoms with E-state index in [0.29, 0.717) is 17.4 Å². The van der Waals surface area contributed by atoms with Crippen LogP contribution < -0.4 is 0 Å². The number of benzene rings is 2. The number of methoxy groups -OCH3 is 1. The lowest BCUT2D eigenvalue weighted by atomic mass is 9.81. The minimum absolute atomic E-state index is 0.0589. The summed E-state index contributed by atoms with van der Waals surface area (Å²) in [6.07, 6.45) is -1.82. The highest BCUT2D eigenvalue weighted by Crippen LogP contribution is 2.38. The van der Waals surface area contributed by atoms with Crippen molar-refractivity contribution in [3.8, 4) is 0 Å². The van der Waals surface area contributed by atoms with Crippen LogP contribution in [0.5, 0.6) is 0 Å². The van der Waals surface area contributed by atoms with E-state index in [-0.39, 0.29) is 6.42 Å². The summed E-state index contributed by atoms with van der Waals surface area (Å²) in [6.45, 7) is 3.90. The van der Waals surface area contributed by atoms with Crippen LogP contribution >= 0.6 is 0 Å². The first kappa shape index (κ1) is 18.3. The highest BCUT2D eigenvalue weighted by Gasteiger charge is 2.44. The number of ether oxygens (including phenoxy) is 1. The lowest BCUT2D eigenvalue weighted by Crippen LogP contribution is -2.45. The summed E-state index contributed by atoms with van der Waals surface area (Å²) in [4.78, 5) is 11.3. The molecule has 1 unspecified atom stereocenters. The number of hydrogen-bond acceptors (Lipinski definition) is 4. The minimum Gasteiger partial charge on any atom is -0.387 e. The molecule has 4 nitrogen and oxygen atoms in total. The molecule has 2 aromatic carbocycles. The lowest BCUT2D eigenvalue weighted by molar-refractivity contribution is -0.158. The van der Waals surface area contributed by atoms with Crippen LogP contribution in [0.4, 0.5) is 0 Å². The zero-order chi connectivity index (χ0) is 17.7. The Bertz CT molecular complexity index is 663. The van der Waals surface area contributed by atoms with Crippen LogP contribution in [0.2, 0.25) is 0 Å². The van der Waals surface area contributed by atoms with E-state index >= 15 is 0 Å². The standard InChI is InChI=1S/C20H24O4/c1-14-4-8-16(9-5-14)18(22)19(23)20(24-3,12-13-21)17-10-6-15(2)7-11-17/h4-11,13,18-19,22-23H,12H2,1-3H3/t18?,19-,20-/m1/s1. The maximum atomic E-state index is 11.3. The summed E-state index contributed by atoms with van der Waals surface area (Å²) in [7, 11) is 1.44. The Labute approximate surface area is 142 Å². The SMILES string of the molecule is CO[C@](CC=O)(c1ccc(C)cc1)[C@H](O)C(O)c1ccc(C)cc1. The Kier molecular flexibility index (Phi) is 5.89. The van der Waals surface area contributed by atoms with Crippen molar-refractivity contribution in [2.24, 2.45) is 0 Å². The molecule has 0 fully saturated rings. The molecule has 0 heterocycles. The van der Waals surface area contributed by atoms with E-state index in [1.165, 1.54) is 7.11 Å². The third-order valence-electron chi connectivity index (χ3n) is 4.49. The van der Waals surface area contributed by atoms with Gasteiger partial charge >= 0.3 is 0 Å². The first-order chi connectivity index (χ1) is 11.4. The molecule has 0 aliphatic carbocycles. The number of aryl methyl sites for hydroxylation is 2. The molecular weight excluding hydrogens is 304 g/mol. The highest BCUT2D eigenvalue weighted by atomic mass is 16.5. The van der Waals surface area contributed by atoms with E-state index in [4.69, 9.17) is 4.74 Å². The summed E-state index contributed by atoms with van der Waals surface area (Å²) in [5.41, 5.74) is 2.04. The van der Waals surface area contributed by atoms with Crippen molar-refractivity contribution >= 4 is 6.29 Å². The molecule has 0 bridgehead atoms. The molecule has 0 aromatic heterocycles. The minimum atomic E-state index is -1.31. The Morgan fingerprint density at radius 2 is 1.50 bits per heavy atom. The third-order valence-corrected chi connectivity index (χ3v) is 4.49. The molecule has 0 aliphatic heterocycles. The molecule has 2 rings (SSSR count). The van der Waals surface area contributed by atoms with Gasteiger partial charge in [0.1, 0.15) is 24.1 Å². The van der Waals surface area contributed by atoms with E-state index in [1.807, 2.05) is 50.2 Å². The van der Waals surface area contributed by atoms with E-state index < -0.39 is 17.8 Å². The predicted octanol–water partition coefficient (Wildman–Crippen LogP) is 2.83. The molecule has 0 radical (unpaired) electrons. The van der Waals surface area contributed by atoms with Gasteiger partial charge < -0.3 is 19.7 Å². The van der Waals surface area contributed by atoms with Gasteiger partial charge in [-0.05, 0) is 25.0 Å². The van der Waals surface area contributed by atoms with E-state index in [9.17, 15) is 15.0 Å². The van der Waals surface area contributed by atoms with Gasteiger partial charge in [-0.15, -0.1) is 0 Å². The van der Waals surface area contributed by atoms with Gasteiger partial charge in [0, 0.05) is 13.5 Å². The average Bonchev–Trinajstić information content (AvgIpc) is 2.60. The van der Waals surface area contributed by atoms with Crippen LogP contribution in [-0.2, 0) is 15.1 Å². The summed E-state index contributed by atoms with van der Waals surface area (Å²) >= 11 is 0. The summed E-state index contributed by atoms with van der Waals surface area (Å²) in [6, 6.07) is 14.7. The monoisotopic (exact) mass is 328 g/mol. The Balaban J connectivity index is 2.43. The molecule has 0 amide bonds. The molecule has 4 heteroatoms. The van der Waals surface area contributed by atoms with Crippen LogP contribution in [0.3, 0.4) is 0 Å². The fraction of sp³-hybridized carbons (Fsp3) is 0.350. The Morgan fingerprint density at radius 3 is 1.96 bits per heavy atom. The molecule has 2 N–H and O–H groups in total. The maximum Gasteiger partial charge on any atom is 0.128 e. The fourth-order valence-electron chi connectivity index (χ4n) is 2.89. The molecule has 0 aliphatic rings. The second kappa shape index (κ2) is 7.71. The zero-order valence-corrected chi connectivity index (χ0v) is 14.3. The number of rotatable bonds is 7. The number of hydrogen-bond donors (Lipinski definition) is 2. The largest absolute Gasteiger partial charge is 0.387 e. The van der Waals surface area contributed by atoms with Crippen LogP contribution in [-0.4, -0.2) is 29.7 Å². The van der Waals surface area contributed by atoms with Crippen LogP contribution in [0.15, 0.2) is 48.5 Å². The fourth-order valence-corrected chi connectivity index (χ4v) is 2.89. The van der Waals surface area contributed by atoms with Crippen LogP contribution in [0, 0.1) is 13.8 Å². The summed E-state index contributed by atoms with van der Waals surface area (Å²) in [5, 5.41) is 21.5. The summed E-state index contributed by atoms with van der Waals surface area (Å²) < 4.78 is 5.59. The van der Waals surface area contributed by atoms with Gasteiger partial charge in [-0.1, -0.05) is 59.7 Å². The number of aldehydes is 1. The molecule has 0 saturated heterocycles. The number of aliphatic hydroxyl groups is 2. The molecule has 2 aromatic rings. The average molecular weight is 328 g/mol. The maximum absolute atomic E-state index is 11.3. The highest BCUT2D eigenvalue weighted by molar-refractivity contribution is 5.53. The summed E-state index contributed by atoms with van der Waals surface area (Å²) in [5.74, 6) is 0. The number of carbonyl (C=O) groups is 1.